The predicted octanol–water partition coefficient (Wildman–Crippen LogP) is 2.01. The standard InChI is InChI=1S/C13H15N3O4/c1-8(14-12(17)9-4-6-18-7-9)13-15-11(16-20-13)10-3-2-5-19-10/h4,6-8,10H,2-3,5H2,1H3,(H,14,17). The summed E-state index contributed by atoms with van der Waals surface area (Å²) in [6, 6.07) is 1.22. The van der Waals surface area contributed by atoms with Crippen LogP contribution in [0.25, 0.3) is 0 Å². The van der Waals surface area contributed by atoms with E-state index in [0.29, 0.717) is 17.3 Å². The molecule has 20 heavy (non-hydrogen) atoms. The summed E-state index contributed by atoms with van der Waals surface area (Å²) in [4.78, 5) is 16.2. The van der Waals surface area contributed by atoms with E-state index in [1.165, 1.54) is 12.5 Å². The van der Waals surface area contributed by atoms with E-state index in [1.54, 1.807) is 13.0 Å². The molecule has 2 atom stereocenters. The van der Waals surface area contributed by atoms with Crippen LogP contribution in [0.15, 0.2) is 27.5 Å². The van der Waals surface area contributed by atoms with Gasteiger partial charge in [-0.25, -0.2) is 0 Å². The fourth-order valence-corrected chi connectivity index (χ4v) is 2.07. The Hall–Kier alpha value is -2.15. The Balaban J connectivity index is 1.65. The highest BCUT2D eigenvalue weighted by Crippen LogP contribution is 2.26. The third-order valence-electron chi connectivity index (χ3n) is 3.18. The second-order valence-electron chi connectivity index (χ2n) is 4.70. The third kappa shape index (κ3) is 2.57. The van der Waals surface area contributed by atoms with Crippen molar-refractivity contribution in [1.82, 2.24) is 15.5 Å². The third-order valence-corrected chi connectivity index (χ3v) is 3.18. The fraction of sp³-hybridized carbons (Fsp3) is 0.462. The van der Waals surface area contributed by atoms with Crippen LogP contribution in [0.2, 0.25) is 0 Å². The van der Waals surface area contributed by atoms with Gasteiger partial charge >= 0.3 is 0 Å². The Morgan fingerprint density at radius 2 is 2.45 bits per heavy atom. The van der Waals surface area contributed by atoms with Gasteiger partial charge in [-0.3, -0.25) is 4.79 Å². The van der Waals surface area contributed by atoms with Crippen LogP contribution in [0, 0.1) is 0 Å². The van der Waals surface area contributed by atoms with Gasteiger partial charge in [0.15, 0.2) is 0 Å². The topological polar surface area (TPSA) is 90.4 Å². The van der Waals surface area contributed by atoms with E-state index in [0.717, 1.165) is 19.4 Å². The van der Waals surface area contributed by atoms with Crippen LogP contribution in [-0.4, -0.2) is 22.7 Å². The first-order valence-corrected chi connectivity index (χ1v) is 6.52. The molecule has 1 saturated heterocycles. The number of furan rings is 1. The van der Waals surface area contributed by atoms with E-state index >= 15 is 0 Å². The Morgan fingerprint density at radius 1 is 1.55 bits per heavy atom. The van der Waals surface area contributed by atoms with Crippen LogP contribution < -0.4 is 5.32 Å². The van der Waals surface area contributed by atoms with Crippen molar-refractivity contribution in [3.63, 3.8) is 0 Å². The zero-order chi connectivity index (χ0) is 13.9. The first kappa shape index (κ1) is 12.9. The van der Waals surface area contributed by atoms with Crippen molar-refractivity contribution in [1.29, 1.82) is 0 Å². The summed E-state index contributed by atoms with van der Waals surface area (Å²) in [6.07, 6.45) is 4.63. The number of hydrogen-bond acceptors (Lipinski definition) is 6. The van der Waals surface area contributed by atoms with Crippen LogP contribution >= 0.6 is 0 Å². The molecule has 2 unspecified atom stereocenters. The first-order chi connectivity index (χ1) is 9.74. The predicted molar refractivity (Wildman–Crippen MR) is 66.8 cm³/mol. The number of nitrogens with one attached hydrogen (secondary N) is 1. The van der Waals surface area contributed by atoms with Crippen molar-refractivity contribution >= 4 is 5.91 Å². The number of rotatable bonds is 4. The number of amides is 1. The van der Waals surface area contributed by atoms with Crippen molar-refractivity contribution in [2.45, 2.75) is 31.9 Å². The zero-order valence-electron chi connectivity index (χ0n) is 11.0. The minimum absolute atomic E-state index is 0.0933. The molecule has 1 N–H and O–H groups in total. The highest BCUT2D eigenvalue weighted by molar-refractivity contribution is 5.93. The molecule has 106 valence electrons. The Bertz CT molecular complexity index is 572. The average molecular weight is 277 g/mol. The van der Waals surface area contributed by atoms with E-state index in [1.807, 2.05) is 0 Å². The maximum atomic E-state index is 11.9. The van der Waals surface area contributed by atoms with E-state index in [2.05, 4.69) is 15.5 Å². The maximum absolute atomic E-state index is 11.9. The van der Waals surface area contributed by atoms with Gasteiger partial charge in [0.25, 0.3) is 5.91 Å². The summed E-state index contributed by atoms with van der Waals surface area (Å²) in [7, 11) is 0. The molecular formula is C13H15N3O4. The molecule has 3 heterocycles. The highest BCUT2D eigenvalue weighted by Gasteiger charge is 2.25. The number of hydrogen-bond donors (Lipinski definition) is 1. The number of carbonyl (C=O) groups excluding carboxylic acids is 1. The molecule has 0 spiro atoms. The number of aromatic nitrogens is 2. The molecule has 0 bridgehead atoms. The van der Waals surface area contributed by atoms with Gasteiger partial charge in [-0.05, 0) is 25.8 Å². The lowest BCUT2D eigenvalue weighted by Crippen LogP contribution is -2.26. The average Bonchev–Trinajstić information content (AvgIpc) is 3.19. The lowest BCUT2D eigenvalue weighted by Gasteiger charge is -2.08. The number of ether oxygens (including phenoxy) is 1. The van der Waals surface area contributed by atoms with E-state index in [9.17, 15) is 4.79 Å². The molecular weight excluding hydrogens is 262 g/mol. The normalized spacial score (nSPS) is 19.9. The minimum Gasteiger partial charge on any atom is -0.472 e. The summed E-state index contributed by atoms with van der Waals surface area (Å²) in [6.45, 7) is 2.51. The summed E-state index contributed by atoms with van der Waals surface area (Å²) in [5, 5.41) is 6.67. The molecule has 2 aromatic rings. The molecule has 1 amide bonds. The second-order valence-corrected chi connectivity index (χ2v) is 4.70. The van der Waals surface area contributed by atoms with Gasteiger partial charge < -0.3 is 19.0 Å². The minimum atomic E-state index is -0.375. The summed E-state index contributed by atoms with van der Waals surface area (Å²) < 4.78 is 15.5. The highest BCUT2D eigenvalue weighted by atomic mass is 16.5. The van der Waals surface area contributed by atoms with Crippen molar-refractivity contribution < 1.29 is 18.5 Å². The molecule has 0 radical (unpaired) electrons. The van der Waals surface area contributed by atoms with Crippen molar-refractivity contribution in [2.24, 2.45) is 0 Å². The second kappa shape index (κ2) is 5.46. The molecule has 0 aliphatic carbocycles. The number of nitrogens with zero attached hydrogens (tertiary/aromatic N) is 2. The van der Waals surface area contributed by atoms with Crippen LogP contribution in [0.1, 0.15) is 54.0 Å². The van der Waals surface area contributed by atoms with Crippen LogP contribution in [-0.2, 0) is 4.74 Å². The Morgan fingerprint density at radius 3 is 3.15 bits per heavy atom. The Labute approximate surface area is 115 Å². The van der Waals surface area contributed by atoms with Crippen molar-refractivity contribution in [3.8, 4) is 0 Å². The van der Waals surface area contributed by atoms with Crippen LogP contribution in [0.4, 0.5) is 0 Å². The summed E-state index contributed by atoms with van der Waals surface area (Å²) in [5.74, 6) is 0.664. The smallest absolute Gasteiger partial charge is 0.255 e. The quantitative estimate of drug-likeness (QED) is 0.919. The van der Waals surface area contributed by atoms with Gasteiger partial charge in [0, 0.05) is 6.61 Å². The van der Waals surface area contributed by atoms with Crippen LogP contribution in [0.3, 0.4) is 0 Å². The van der Waals surface area contributed by atoms with E-state index in [-0.39, 0.29) is 18.1 Å². The van der Waals surface area contributed by atoms with Crippen molar-refractivity contribution in [3.05, 3.63) is 35.9 Å². The molecule has 0 saturated carbocycles. The lowest BCUT2D eigenvalue weighted by molar-refractivity contribution is 0.0931. The largest absolute Gasteiger partial charge is 0.472 e. The Kier molecular flexibility index (Phi) is 3.51. The molecule has 2 aromatic heterocycles. The molecule has 1 fully saturated rings. The van der Waals surface area contributed by atoms with Crippen LogP contribution in [0.5, 0.6) is 0 Å². The SMILES string of the molecule is CC(NC(=O)c1ccoc1)c1nc(C2CCCO2)no1. The molecule has 1 aliphatic rings. The summed E-state index contributed by atoms with van der Waals surface area (Å²) in [5.41, 5.74) is 0.454. The maximum Gasteiger partial charge on any atom is 0.255 e. The molecule has 0 aromatic carbocycles. The first-order valence-electron chi connectivity index (χ1n) is 6.52. The molecule has 7 heteroatoms. The van der Waals surface area contributed by atoms with Crippen molar-refractivity contribution in [2.75, 3.05) is 6.61 Å². The summed E-state index contributed by atoms with van der Waals surface area (Å²) >= 11 is 0. The van der Waals surface area contributed by atoms with Gasteiger partial charge in [0.1, 0.15) is 18.4 Å². The van der Waals surface area contributed by atoms with Gasteiger partial charge in [-0.15, -0.1) is 0 Å². The molecule has 1 aliphatic heterocycles. The number of carbonyl (C=O) groups is 1. The zero-order valence-corrected chi connectivity index (χ0v) is 11.0. The molecule has 7 nitrogen and oxygen atoms in total. The molecule has 3 rings (SSSR count). The lowest BCUT2D eigenvalue weighted by atomic mass is 10.2. The van der Waals surface area contributed by atoms with E-state index < -0.39 is 0 Å². The van der Waals surface area contributed by atoms with Gasteiger partial charge in [-0.2, -0.15) is 4.98 Å². The van der Waals surface area contributed by atoms with E-state index in [4.69, 9.17) is 13.7 Å². The van der Waals surface area contributed by atoms with Gasteiger partial charge in [0.05, 0.1) is 11.8 Å². The van der Waals surface area contributed by atoms with Gasteiger partial charge in [0.2, 0.25) is 11.7 Å². The monoisotopic (exact) mass is 277 g/mol. The fourth-order valence-electron chi connectivity index (χ4n) is 2.07. The van der Waals surface area contributed by atoms with Gasteiger partial charge in [-0.1, -0.05) is 5.16 Å².